The number of furan rings is 1. The van der Waals surface area contributed by atoms with E-state index in [9.17, 15) is 0 Å². The number of para-hydroxylation sites is 1. The molecule has 0 aliphatic carbocycles. The Balaban J connectivity index is 1.16. The number of aromatic nitrogens is 3. The maximum Gasteiger partial charge on any atom is 0.235 e. The van der Waals surface area contributed by atoms with Crippen molar-refractivity contribution in [3.63, 3.8) is 0 Å². The molecule has 9 aromatic carbocycles. The molecule has 0 saturated carbocycles. The molecule has 3 heterocycles. The van der Waals surface area contributed by atoms with E-state index in [1.54, 1.807) is 0 Å². The third-order valence-electron chi connectivity index (χ3n) is 11.1. The molecule has 0 aliphatic rings. The SMILES string of the molecule is c1ccc2cc(-c3ccc4c(c3)c3cc5ccccc5cc3n4-c3nc(-c4cccc5oc6ccc7ccccc7c6c45)c4ccccc4n3)ccc2c1. The fourth-order valence-electron chi connectivity index (χ4n) is 8.62. The Kier molecular flexibility index (Phi) is 6.02. The Hall–Kier alpha value is -7.30. The van der Waals surface area contributed by atoms with Crippen LogP contribution in [0.3, 0.4) is 0 Å². The lowest BCUT2D eigenvalue weighted by Gasteiger charge is -2.13. The molecule has 0 N–H and O–H groups in total. The monoisotopic (exact) mass is 687 g/mol. The van der Waals surface area contributed by atoms with E-state index in [1.165, 1.54) is 43.4 Å². The third-order valence-corrected chi connectivity index (χ3v) is 11.1. The van der Waals surface area contributed by atoms with E-state index in [0.717, 1.165) is 65.9 Å². The topological polar surface area (TPSA) is 43.9 Å². The number of hydrogen-bond donors (Lipinski definition) is 0. The molecule has 0 bridgehead atoms. The molecule has 0 saturated heterocycles. The standard InChI is InChI=1S/C50H29N3O/c1-2-12-32-26-35(21-20-30(32)10-1)36-22-24-43-40(28-36)41-27-33-13-3-4-14-34(33)29-44(41)53(43)50-51-42-18-8-7-16-38(42)49(52-50)39-17-9-19-45-48(39)47-37-15-6-5-11-31(37)23-25-46(47)54-45/h1-29H. The molecule has 4 nitrogen and oxygen atoms in total. The summed E-state index contributed by atoms with van der Waals surface area (Å²) in [6.07, 6.45) is 0. The van der Waals surface area contributed by atoms with Gasteiger partial charge in [0.2, 0.25) is 5.95 Å². The maximum absolute atomic E-state index is 6.52. The zero-order valence-corrected chi connectivity index (χ0v) is 29.0. The van der Waals surface area contributed by atoms with Gasteiger partial charge in [-0.25, -0.2) is 9.97 Å². The number of fused-ring (bicyclic) bond motifs is 11. The van der Waals surface area contributed by atoms with Gasteiger partial charge in [0.25, 0.3) is 0 Å². The molecule has 54 heavy (non-hydrogen) atoms. The summed E-state index contributed by atoms with van der Waals surface area (Å²) in [5.41, 5.74) is 8.98. The van der Waals surface area contributed by atoms with E-state index >= 15 is 0 Å². The zero-order valence-electron chi connectivity index (χ0n) is 29.0. The highest BCUT2D eigenvalue weighted by atomic mass is 16.3. The summed E-state index contributed by atoms with van der Waals surface area (Å²) in [5, 5.41) is 12.7. The van der Waals surface area contributed by atoms with Crippen molar-refractivity contribution in [1.29, 1.82) is 0 Å². The molecule has 12 rings (SSSR count). The molecule has 0 aliphatic heterocycles. The van der Waals surface area contributed by atoms with E-state index in [4.69, 9.17) is 14.4 Å². The minimum absolute atomic E-state index is 0.632. The highest BCUT2D eigenvalue weighted by molar-refractivity contribution is 6.23. The second kappa shape index (κ2) is 11.1. The van der Waals surface area contributed by atoms with Gasteiger partial charge in [0.05, 0.1) is 22.2 Å². The van der Waals surface area contributed by atoms with Crippen LogP contribution in [0.2, 0.25) is 0 Å². The van der Waals surface area contributed by atoms with Crippen molar-refractivity contribution in [2.75, 3.05) is 0 Å². The molecule has 0 atom stereocenters. The van der Waals surface area contributed by atoms with Gasteiger partial charge in [0.1, 0.15) is 11.2 Å². The largest absolute Gasteiger partial charge is 0.456 e. The summed E-state index contributed by atoms with van der Waals surface area (Å²) in [4.78, 5) is 10.8. The van der Waals surface area contributed by atoms with E-state index in [2.05, 4.69) is 180 Å². The quantitative estimate of drug-likeness (QED) is 0.186. The van der Waals surface area contributed by atoms with Crippen molar-refractivity contribution in [3.05, 3.63) is 176 Å². The normalized spacial score (nSPS) is 12.1. The van der Waals surface area contributed by atoms with E-state index in [0.29, 0.717) is 5.95 Å². The highest BCUT2D eigenvalue weighted by Gasteiger charge is 2.21. The van der Waals surface area contributed by atoms with Gasteiger partial charge in [-0.05, 0) is 92.0 Å². The molecule has 3 aromatic heterocycles. The van der Waals surface area contributed by atoms with Gasteiger partial charge in [0, 0.05) is 32.5 Å². The number of benzene rings is 9. The van der Waals surface area contributed by atoms with Crippen LogP contribution in [0.15, 0.2) is 180 Å². The summed E-state index contributed by atoms with van der Waals surface area (Å²) in [6, 6.07) is 62.6. The van der Waals surface area contributed by atoms with Gasteiger partial charge in [-0.3, -0.25) is 4.57 Å². The van der Waals surface area contributed by atoms with Gasteiger partial charge in [0.15, 0.2) is 0 Å². The maximum atomic E-state index is 6.52. The molecule has 0 radical (unpaired) electrons. The van der Waals surface area contributed by atoms with Crippen LogP contribution in [0.5, 0.6) is 0 Å². The number of nitrogens with zero attached hydrogens (tertiary/aromatic N) is 3. The summed E-state index contributed by atoms with van der Waals surface area (Å²) in [5.74, 6) is 0.632. The van der Waals surface area contributed by atoms with Crippen LogP contribution in [0.4, 0.5) is 0 Å². The molecule has 12 aromatic rings. The van der Waals surface area contributed by atoms with Crippen LogP contribution in [0.25, 0.3) is 115 Å². The zero-order chi connectivity index (χ0) is 35.3. The molecule has 0 unspecified atom stereocenters. The first kappa shape index (κ1) is 29.3. The molecule has 250 valence electrons. The van der Waals surface area contributed by atoms with Crippen molar-refractivity contribution in [3.8, 4) is 28.3 Å². The molecule has 0 amide bonds. The lowest BCUT2D eigenvalue weighted by molar-refractivity contribution is 0.669. The smallest absolute Gasteiger partial charge is 0.235 e. The Labute approximate surface area is 309 Å². The Morgan fingerprint density at radius 3 is 1.91 bits per heavy atom. The van der Waals surface area contributed by atoms with Gasteiger partial charge in [-0.1, -0.05) is 127 Å². The first-order chi connectivity index (χ1) is 26.7. The van der Waals surface area contributed by atoms with Crippen LogP contribution in [0.1, 0.15) is 0 Å². The van der Waals surface area contributed by atoms with Crippen molar-refractivity contribution in [2.24, 2.45) is 0 Å². The van der Waals surface area contributed by atoms with E-state index in [-0.39, 0.29) is 0 Å². The Bertz CT molecular complexity index is 3520. The predicted molar refractivity (Wildman–Crippen MR) is 225 cm³/mol. The Morgan fingerprint density at radius 1 is 0.389 bits per heavy atom. The lowest BCUT2D eigenvalue weighted by atomic mass is 9.97. The minimum atomic E-state index is 0.632. The molecule has 4 heteroatoms. The van der Waals surface area contributed by atoms with Crippen LogP contribution in [0, 0.1) is 0 Å². The number of hydrogen-bond acceptors (Lipinski definition) is 3. The van der Waals surface area contributed by atoms with Gasteiger partial charge < -0.3 is 4.42 Å². The molecule has 0 fully saturated rings. The van der Waals surface area contributed by atoms with E-state index in [1.807, 2.05) is 0 Å². The fraction of sp³-hybridized carbons (Fsp3) is 0. The summed E-state index contributed by atoms with van der Waals surface area (Å²) in [7, 11) is 0. The first-order valence-corrected chi connectivity index (χ1v) is 18.3. The van der Waals surface area contributed by atoms with Crippen LogP contribution < -0.4 is 0 Å². The Morgan fingerprint density at radius 2 is 1.04 bits per heavy atom. The summed E-state index contributed by atoms with van der Waals surface area (Å²) in [6.45, 7) is 0. The van der Waals surface area contributed by atoms with Crippen molar-refractivity contribution in [1.82, 2.24) is 14.5 Å². The van der Waals surface area contributed by atoms with Crippen LogP contribution in [-0.4, -0.2) is 14.5 Å². The average molecular weight is 688 g/mol. The van der Waals surface area contributed by atoms with Crippen molar-refractivity contribution < 1.29 is 4.42 Å². The summed E-state index contributed by atoms with van der Waals surface area (Å²) < 4.78 is 8.77. The summed E-state index contributed by atoms with van der Waals surface area (Å²) >= 11 is 0. The average Bonchev–Trinajstić information content (AvgIpc) is 3.77. The minimum Gasteiger partial charge on any atom is -0.456 e. The fourth-order valence-corrected chi connectivity index (χ4v) is 8.62. The second-order valence-electron chi connectivity index (χ2n) is 14.2. The van der Waals surface area contributed by atoms with E-state index < -0.39 is 0 Å². The van der Waals surface area contributed by atoms with Gasteiger partial charge >= 0.3 is 0 Å². The first-order valence-electron chi connectivity index (χ1n) is 18.3. The third kappa shape index (κ3) is 4.25. The highest BCUT2D eigenvalue weighted by Crippen LogP contribution is 2.43. The second-order valence-corrected chi connectivity index (χ2v) is 14.2. The molecule has 0 spiro atoms. The van der Waals surface area contributed by atoms with Gasteiger partial charge in [-0.15, -0.1) is 0 Å². The predicted octanol–water partition coefficient (Wildman–Crippen LogP) is 13.4. The van der Waals surface area contributed by atoms with Gasteiger partial charge in [-0.2, -0.15) is 0 Å². The molecular formula is C50H29N3O. The van der Waals surface area contributed by atoms with Crippen molar-refractivity contribution in [2.45, 2.75) is 0 Å². The molecular weight excluding hydrogens is 659 g/mol. The van der Waals surface area contributed by atoms with Crippen LogP contribution >= 0.6 is 0 Å². The lowest BCUT2D eigenvalue weighted by Crippen LogP contribution is -2.03. The van der Waals surface area contributed by atoms with Crippen LogP contribution in [-0.2, 0) is 0 Å². The number of rotatable bonds is 3. The van der Waals surface area contributed by atoms with Crippen molar-refractivity contribution >= 4 is 87.0 Å².